The number of likely N-dealkylation sites (tertiary alicyclic amines) is 1. The molecule has 7 heteroatoms. The van der Waals surface area contributed by atoms with Gasteiger partial charge in [-0.2, -0.15) is 0 Å². The second-order valence-electron chi connectivity index (χ2n) is 6.68. The number of ether oxygens (including phenoxy) is 3. The average Bonchev–Trinajstić information content (AvgIpc) is 3.22. The van der Waals surface area contributed by atoms with Gasteiger partial charge in [0.15, 0.2) is 0 Å². The molecule has 7 nitrogen and oxygen atoms in total. The monoisotopic (exact) mass is 362 g/mol. The zero-order valence-electron chi connectivity index (χ0n) is 15.3. The third kappa shape index (κ3) is 4.27. The van der Waals surface area contributed by atoms with Crippen molar-refractivity contribution < 1.29 is 23.8 Å². The van der Waals surface area contributed by atoms with Gasteiger partial charge in [-0.25, -0.2) is 0 Å². The summed E-state index contributed by atoms with van der Waals surface area (Å²) in [4.78, 5) is 26.8. The molecule has 1 atom stereocenters. The van der Waals surface area contributed by atoms with Gasteiger partial charge >= 0.3 is 0 Å². The number of nitrogens with one attached hydrogen (secondary N) is 1. The van der Waals surface area contributed by atoms with Gasteiger partial charge in [0.1, 0.15) is 17.6 Å². The second-order valence-corrected chi connectivity index (χ2v) is 6.68. The van der Waals surface area contributed by atoms with Gasteiger partial charge < -0.3 is 24.4 Å². The number of benzene rings is 1. The third-order valence-electron chi connectivity index (χ3n) is 4.96. The summed E-state index contributed by atoms with van der Waals surface area (Å²) in [6, 6.07) is 5.15. The number of methoxy groups -OCH3 is 2. The minimum absolute atomic E-state index is 0.0493. The van der Waals surface area contributed by atoms with Gasteiger partial charge in [-0.1, -0.05) is 0 Å². The average molecular weight is 362 g/mol. The summed E-state index contributed by atoms with van der Waals surface area (Å²) in [5, 5.41) is 3.05. The maximum absolute atomic E-state index is 12.6. The SMILES string of the molecule is COc1cc(OC)cc(C(=O)NC2CCN(C(=O)C3CCCO3)CC2)c1. The van der Waals surface area contributed by atoms with Crippen LogP contribution in [0.15, 0.2) is 18.2 Å². The summed E-state index contributed by atoms with van der Waals surface area (Å²) in [6.45, 7) is 1.96. The molecule has 2 fully saturated rings. The molecule has 0 radical (unpaired) electrons. The van der Waals surface area contributed by atoms with Gasteiger partial charge in [0.2, 0.25) is 0 Å². The fraction of sp³-hybridized carbons (Fsp3) is 0.579. The van der Waals surface area contributed by atoms with Crippen LogP contribution in [-0.4, -0.2) is 62.8 Å². The van der Waals surface area contributed by atoms with E-state index in [0.717, 1.165) is 25.7 Å². The predicted octanol–water partition coefficient (Wildman–Crippen LogP) is 1.60. The predicted molar refractivity (Wildman–Crippen MR) is 95.6 cm³/mol. The Morgan fingerprint density at radius 1 is 1.08 bits per heavy atom. The second kappa shape index (κ2) is 8.40. The lowest BCUT2D eigenvalue weighted by atomic mass is 10.0. The molecular weight excluding hydrogens is 336 g/mol. The zero-order chi connectivity index (χ0) is 18.5. The summed E-state index contributed by atoms with van der Waals surface area (Å²) >= 11 is 0. The van der Waals surface area contributed by atoms with Gasteiger partial charge in [-0.15, -0.1) is 0 Å². The number of amides is 2. The molecular formula is C19H26N2O5. The van der Waals surface area contributed by atoms with E-state index in [1.54, 1.807) is 32.4 Å². The largest absolute Gasteiger partial charge is 0.497 e. The first-order valence-corrected chi connectivity index (χ1v) is 9.05. The van der Waals surface area contributed by atoms with E-state index in [9.17, 15) is 9.59 Å². The highest BCUT2D eigenvalue weighted by atomic mass is 16.5. The number of piperidine rings is 1. The number of carbonyl (C=O) groups excluding carboxylic acids is 2. The topological polar surface area (TPSA) is 77.1 Å². The first kappa shape index (κ1) is 18.5. The van der Waals surface area contributed by atoms with Crippen molar-refractivity contribution in [2.45, 2.75) is 37.8 Å². The standard InChI is InChI=1S/C19H26N2O5/c1-24-15-10-13(11-16(12-15)25-2)18(22)20-14-5-7-21(8-6-14)19(23)17-4-3-9-26-17/h10-12,14,17H,3-9H2,1-2H3,(H,20,22). The van der Waals surface area contributed by atoms with Crippen LogP contribution < -0.4 is 14.8 Å². The molecule has 1 aromatic rings. The van der Waals surface area contributed by atoms with Crippen LogP contribution in [0.5, 0.6) is 11.5 Å². The van der Waals surface area contributed by atoms with Crippen LogP contribution in [0.3, 0.4) is 0 Å². The summed E-state index contributed by atoms with van der Waals surface area (Å²) < 4.78 is 15.9. The molecule has 2 heterocycles. The highest BCUT2D eigenvalue weighted by Gasteiger charge is 2.31. The summed E-state index contributed by atoms with van der Waals surface area (Å²) in [7, 11) is 3.11. The fourth-order valence-electron chi connectivity index (χ4n) is 3.43. The van der Waals surface area contributed by atoms with E-state index in [0.29, 0.717) is 36.8 Å². The van der Waals surface area contributed by atoms with E-state index in [-0.39, 0.29) is 24.0 Å². The van der Waals surface area contributed by atoms with Crippen molar-refractivity contribution in [3.05, 3.63) is 23.8 Å². The third-order valence-corrected chi connectivity index (χ3v) is 4.96. The fourth-order valence-corrected chi connectivity index (χ4v) is 3.43. The lowest BCUT2D eigenvalue weighted by Gasteiger charge is -2.33. The van der Waals surface area contributed by atoms with Crippen molar-refractivity contribution in [1.82, 2.24) is 10.2 Å². The maximum atomic E-state index is 12.6. The lowest BCUT2D eigenvalue weighted by Crippen LogP contribution is -2.49. The molecule has 0 aliphatic carbocycles. The Labute approximate surface area is 153 Å². The minimum atomic E-state index is -0.273. The van der Waals surface area contributed by atoms with Gasteiger partial charge in [0.25, 0.3) is 11.8 Å². The Hall–Kier alpha value is -2.28. The van der Waals surface area contributed by atoms with Crippen LogP contribution in [0.25, 0.3) is 0 Å². The Morgan fingerprint density at radius 2 is 1.73 bits per heavy atom. The van der Waals surface area contributed by atoms with Gasteiger partial charge in [-0.05, 0) is 37.8 Å². The number of nitrogens with zero attached hydrogens (tertiary/aromatic N) is 1. The van der Waals surface area contributed by atoms with Crippen molar-refractivity contribution in [2.24, 2.45) is 0 Å². The van der Waals surface area contributed by atoms with E-state index < -0.39 is 0 Å². The van der Waals surface area contributed by atoms with Crippen LogP contribution in [0.2, 0.25) is 0 Å². The molecule has 2 amide bonds. The minimum Gasteiger partial charge on any atom is -0.497 e. The molecule has 2 aliphatic heterocycles. The summed E-state index contributed by atoms with van der Waals surface area (Å²) in [5.74, 6) is 1.08. The molecule has 1 aromatic carbocycles. The molecule has 26 heavy (non-hydrogen) atoms. The highest BCUT2D eigenvalue weighted by molar-refractivity contribution is 5.95. The van der Waals surface area contributed by atoms with Crippen molar-refractivity contribution in [2.75, 3.05) is 33.9 Å². The quantitative estimate of drug-likeness (QED) is 0.861. The molecule has 0 spiro atoms. The Morgan fingerprint density at radius 3 is 2.27 bits per heavy atom. The molecule has 142 valence electrons. The Kier molecular flexibility index (Phi) is 5.98. The van der Waals surface area contributed by atoms with Gasteiger partial charge in [0, 0.05) is 37.4 Å². The molecule has 2 aliphatic rings. The Balaban J connectivity index is 1.54. The van der Waals surface area contributed by atoms with Crippen LogP contribution in [0.4, 0.5) is 0 Å². The van der Waals surface area contributed by atoms with Crippen LogP contribution in [-0.2, 0) is 9.53 Å². The lowest BCUT2D eigenvalue weighted by molar-refractivity contribution is -0.142. The molecule has 0 saturated carbocycles. The first-order valence-electron chi connectivity index (χ1n) is 9.05. The number of rotatable bonds is 5. The van der Waals surface area contributed by atoms with Crippen LogP contribution in [0.1, 0.15) is 36.0 Å². The molecule has 0 aromatic heterocycles. The summed E-state index contributed by atoms with van der Waals surface area (Å²) in [5.41, 5.74) is 0.499. The van der Waals surface area contributed by atoms with E-state index in [1.165, 1.54) is 0 Å². The van der Waals surface area contributed by atoms with E-state index in [2.05, 4.69) is 5.32 Å². The number of hydrogen-bond acceptors (Lipinski definition) is 5. The van der Waals surface area contributed by atoms with Crippen LogP contribution >= 0.6 is 0 Å². The van der Waals surface area contributed by atoms with Crippen molar-refractivity contribution in [1.29, 1.82) is 0 Å². The molecule has 0 bridgehead atoms. The molecule has 2 saturated heterocycles. The van der Waals surface area contributed by atoms with E-state index in [4.69, 9.17) is 14.2 Å². The molecule has 1 unspecified atom stereocenters. The number of carbonyl (C=O) groups is 2. The Bertz CT molecular complexity index is 627. The zero-order valence-corrected chi connectivity index (χ0v) is 15.3. The van der Waals surface area contributed by atoms with Crippen molar-refractivity contribution in [3.8, 4) is 11.5 Å². The van der Waals surface area contributed by atoms with Crippen molar-refractivity contribution >= 4 is 11.8 Å². The smallest absolute Gasteiger partial charge is 0.251 e. The maximum Gasteiger partial charge on any atom is 0.251 e. The molecule has 1 N–H and O–H groups in total. The van der Waals surface area contributed by atoms with Gasteiger partial charge in [0.05, 0.1) is 14.2 Å². The van der Waals surface area contributed by atoms with E-state index >= 15 is 0 Å². The van der Waals surface area contributed by atoms with Gasteiger partial charge in [-0.3, -0.25) is 9.59 Å². The van der Waals surface area contributed by atoms with Crippen molar-refractivity contribution in [3.63, 3.8) is 0 Å². The van der Waals surface area contributed by atoms with E-state index in [1.807, 2.05) is 4.90 Å². The first-order chi connectivity index (χ1) is 12.6. The molecule has 3 rings (SSSR count). The summed E-state index contributed by atoms with van der Waals surface area (Å²) in [6.07, 6.45) is 2.97. The van der Waals surface area contributed by atoms with Crippen LogP contribution in [0, 0.1) is 0 Å². The normalized spacial score (nSPS) is 20.7. The highest BCUT2D eigenvalue weighted by Crippen LogP contribution is 2.23. The number of hydrogen-bond donors (Lipinski definition) is 1.